The molecule has 0 aliphatic carbocycles. The third-order valence-electron chi connectivity index (χ3n) is 3.78. The smallest absolute Gasteiger partial charge is 0.0667 e. The summed E-state index contributed by atoms with van der Waals surface area (Å²) < 4.78 is 11.0. The highest BCUT2D eigenvalue weighted by Crippen LogP contribution is 2.27. The molecule has 1 atom stereocenters. The maximum atomic E-state index is 5.54. The SMILES string of the molecule is c1ccc(N2CCOCC2)c(NC2CCCOC2)c1. The summed E-state index contributed by atoms with van der Waals surface area (Å²) >= 11 is 0. The molecule has 0 aromatic heterocycles. The molecule has 1 unspecified atom stereocenters. The molecule has 0 spiro atoms. The van der Waals surface area contributed by atoms with Crippen molar-refractivity contribution in [2.75, 3.05) is 49.7 Å². The molecule has 2 heterocycles. The summed E-state index contributed by atoms with van der Waals surface area (Å²) in [7, 11) is 0. The molecule has 2 saturated heterocycles. The number of para-hydroxylation sites is 2. The standard InChI is InChI=1S/C15H22N2O2/c1-2-6-15(17-7-10-18-11-8-17)14(5-1)16-13-4-3-9-19-12-13/h1-2,5-6,13,16H,3-4,7-12H2. The van der Waals surface area contributed by atoms with Crippen LogP contribution in [0.3, 0.4) is 0 Å². The number of rotatable bonds is 3. The first kappa shape index (κ1) is 12.8. The summed E-state index contributed by atoms with van der Waals surface area (Å²) in [6.45, 7) is 5.31. The maximum absolute atomic E-state index is 5.54. The Balaban J connectivity index is 1.72. The molecule has 1 aromatic rings. The average molecular weight is 262 g/mol. The molecule has 4 nitrogen and oxygen atoms in total. The minimum atomic E-state index is 0.441. The van der Waals surface area contributed by atoms with E-state index in [-0.39, 0.29) is 0 Å². The van der Waals surface area contributed by atoms with E-state index in [9.17, 15) is 0 Å². The summed E-state index contributed by atoms with van der Waals surface area (Å²) in [4.78, 5) is 2.40. The van der Waals surface area contributed by atoms with E-state index < -0.39 is 0 Å². The molecule has 2 aliphatic heterocycles. The minimum absolute atomic E-state index is 0.441. The van der Waals surface area contributed by atoms with E-state index in [4.69, 9.17) is 9.47 Å². The van der Waals surface area contributed by atoms with E-state index in [0.29, 0.717) is 6.04 Å². The number of nitrogens with one attached hydrogen (secondary N) is 1. The molecule has 1 N–H and O–H groups in total. The van der Waals surface area contributed by atoms with Crippen molar-refractivity contribution in [1.29, 1.82) is 0 Å². The van der Waals surface area contributed by atoms with Crippen molar-refractivity contribution in [3.63, 3.8) is 0 Å². The van der Waals surface area contributed by atoms with E-state index in [1.165, 1.54) is 17.8 Å². The Bertz CT molecular complexity index is 399. The van der Waals surface area contributed by atoms with Gasteiger partial charge in [-0.15, -0.1) is 0 Å². The molecular formula is C15H22N2O2. The Labute approximate surface area is 114 Å². The third kappa shape index (κ3) is 3.19. The molecule has 4 heteroatoms. The highest BCUT2D eigenvalue weighted by Gasteiger charge is 2.18. The molecule has 0 bridgehead atoms. The van der Waals surface area contributed by atoms with Crippen LogP contribution in [-0.2, 0) is 9.47 Å². The largest absolute Gasteiger partial charge is 0.379 e. The summed E-state index contributed by atoms with van der Waals surface area (Å²) in [5.41, 5.74) is 2.51. The lowest BCUT2D eigenvalue weighted by Crippen LogP contribution is -2.37. The van der Waals surface area contributed by atoms with Crippen LogP contribution in [0.5, 0.6) is 0 Å². The molecule has 0 saturated carbocycles. The van der Waals surface area contributed by atoms with Crippen molar-refractivity contribution in [1.82, 2.24) is 0 Å². The van der Waals surface area contributed by atoms with Crippen molar-refractivity contribution >= 4 is 11.4 Å². The van der Waals surface area contributed by atoms with Crippen LogP contribution in [0.15, 0.2) is 24.3 Å². The lowest BCUT2D eigenvalue weighted by molar-refractivity contribution is 0.0876. The van der Waals surface area contributed by atoms with E-state index >= 15 is 0 Å². The average Bonchev–Trinajstić information content (AvgIpc) is 2.50. The van der Waals surface area contributed by atoms with Crippen molar-refractivity contribution in [2.45, 2.75) is 18.9 Å². The van der Waals surface area contributed by atoms with Gasteiger partial charge in [-0.05, 0) is 25.0 Å². The number of nitrogens with zero attached hydrogens (tertiary/aromatic N) is 1. The molecule has 3 rings (SSSR count). The number of anilines is 2. The fourth-order valence-corrected chi connectivity index (χ4v) is 2.75. The van der Waals surface area contributed by atoms with Gasteiger partial charge >= 0.3 is 0 Å². The number of hydrogen-bond donors (Lipinski definition) is 1. The van der Waals surface area contributed by atoms with Crippen LogP contribution in [-0.4, -0.2) is 45.6 Å². The third-order valence-corrected chi connectivity index (χ3v) is 3.78. The first-order valence-corrected chi connectivity index (χ1v) is 7.19. The first-order chi connectivity index (χ1) is 9.43. The van der Waals surface area contributed by atoms with Gasteiger partial charge in [-0.1, -0.05) is 12.1 Å². The maximum Gasteiger partial charge on any atom is 0.0667 e. The van der Waals surface area contributed by atoms with Crippen LogP contribution in [0.25, 0.3) is 0 Å². The van der Waals surface area contributed by atoms with Crippen molar-refractivity contribution in [2.24, 2.45) is 0 Å². The van der Waals surface area contributed by atoms with E-state index in [1.54, 1.807) is 0 Å². The van der Waals surface area contributed by atoms with Gasteiger partial charge in [0.15, 0.2) is 0 Å². The quantitative estimate of drug-likeness (QED) is 0.904. The van der Waals surface area contributed by atoms with Crippen LogP contribution < -0.4 is 10.2 Å². The zero-order valence-electron chi connectivity index (χ0n) is 11.3. The van der Waals surface area contributed by atoms with E-state index in [0.717, 1.165) is 45.9 Å². The second-order valence-electron chi connectivity index (χ2n) is 5.17. The van der Waals surface area contributed by atoms with Crippen molar-refractivity contribution < 1.29 is 9.47 Å². The number of ether oxygens (including phenoxy) is 2. The van der Waals surface area contributed by atoms with Gasteiger partial charge in [-0.25, -0.2) is 0 Å². The van der Waals surface area contributed by atoms with Gasteiger partial charge in [0.2, 0.25) is 0 Å². The Kier molecular flexibility index (Phi) is 4.20. The van der Waals surface area contributed by atoms with Crippen LogP contribution in [0.2, 0.25) is 0 Å². The molecule has 2 fully saturated rings. The molecule has 104 valence electrons. The zero-order chi connectivity index (χ0) is 12.9. The number of benzene rings is 1. The summed E-state index contributed by atoms with van der Waals surface area (Å²) in [6, 6.07) is 9.00. The molecule has 2 aliphatic rings. The fourth-order valence-electron chi connectivity index (χ4n) is 2.75. The molecule has 0 amide bonds. The predicted octanol–water partition coefficient (Wildman–Crippen LogP) is 2.11. The highest BCUT2D eigenvalue weighted by molar-refractivity contribution is 5.70. The molecule has 1 aromatic carbocycles. The normalized spacial score (nSPS) is 24.2. The topological polar surface area (TPSA) is 33.7 Å². The second kappa shape index (κ2) is 6.26. The van der Waals surface area contributed by atoms with Crippen molar-refractivity contribution in [3.8, 4) is 0 Å². The van der Waals surface area contributed by atoms with Gasteiger partial charge in [-0.2, -0.15) is 0 Å². The van der Waals surface area contributed by atoms with Crippen LogP contribution in [0.1, 0.15) is 12.8 Å². The Morgan fingerprint density at radius 3 is 2.68 bits per heavy atom. The fraction of sp³-hybridized carbons (Fsp3) is 0.600. The summed E-state index contributed by atoms with van der Waals surface area (Å²) in [5.74, 6) is 0. The van der Waals surface area contributed by atoms with E-state index in [1.807, 2.05) is 0 Å². The summed E-state index contributed by atoms with van der Waals surface area (Å²) in [5, 5.41) is 3.64. The van der Waals surface area contributed by atoms with Gasteiger partial charge < -0.3 is 19.7 Å². The van der Waals surface area contributed by atoms with Crippen LogP contribution >= 0.6 is 0 Å². The first-order valence-electron chi connectivity index (χ1n) is 7.19. The Morgan fingerprint density at radius 1 is 1.05 bits per heavy atom. The van der Waals surface area contributed by atoms with Gasteiger partial charge in [0.05, 0.1) is 31.2 Å². The molecular weight excluding hydrogens is 240 g/mol. The van der Waals surface area contributed by atoms with Gasteiger partial charge in [0.25, 0.3) is 0 Å². The Morgan fingerprint density at radius 2 is 1.89 bits per heavy atom. The van der Waals surface area contributed by atoms with Crippen LogP contribution in [0, 0.1) is 0 Å². The summed E-state index contributed by atoms with van der Waals surface area (Å²) in [6.07, 6.45) is 2.34. The Hall–Kier alpha value is -1.26. The van der Waals surface area contributed by atoms with Crippen LogP contribution in [0.4, 0.5) is 11.4 Å². The number of morpholine rings is 1. The zero-order valence-corrected chi connectivity index (χ0v) is 11.3. The lowest BCUT2D eigenvalue weighted by Gasteiger charge is -2.32. The molecule has 19 heavy (non-hydrogen) atoms. The van der Waals surface area contributed by atoms with Gasteiger partial charge in [0.1, 0.15) is 0 Å². The van der Waals surface area contributed by atoms with Crippen molar-refractivity contribution in [3.05, 3.63) is 24.3 Å². The lowest BCUT2D eigenvalue weighted by atomic mass is 10.1. The van der Waals surface area contributed by atoms with Gasteiger partial charge in [-0.3, -0.25) is 0 Å². The highest BCUT2D eigenvalue weighted by atomic mass is 16.5. The number of hydrogen-bond acceptors (Lipinski definition) is 4. The van der Waals surface area contributed by atoms with Gasteiger partial charge in [0, 0.05) is 25.7 Å². The molecule has 0 radical (unpaired) electrons. The second-order valence-corrected chi connectivity index (χ2v) is 5.17. The predicted molar refractivity (Wildman–Crippen MR) is 76.9 cm³/mol. The van der Waals surface area contributed by atoms with E-state index in [2.05, 4.69) is 34.5 Å². The minimum Gasteiger partial charge on any atom is -0.379 e. The monoisotopic (exact) mass is 262 g/mol.